The van der Waals surface area contributed by atoms with Gasteiger partial charge in [-0.1, -0.05) is 40.6 Å². The molecule has 1 amide bonds. The van der Waals surface area contributed by atoms with Crippen molar-refractivity contribution in [2.45, 2.75) is 20.3 Å². The molecule has 142 valence electrons. The lowest BCUT2D eigenvalue weighted by Gasteiger charge is -2.22. The van der Waals surface area contributed by atoms with E-state index >= 15 is 0 Å². The second kappa shape index (κ2) is 8.38. The molecular weight excluding hydrogens is 378 g/mol. The molecule has 0 fully saturated rings. The van der Waals surface area contributed by atoms with Crippen LogP contribution in [0.25, 0.3) is 10.2 Å². The normalized spacial score (nSPS) is 11.3. The lowest BCUT2D eigenvalue weighted by molar-refractivity contribution is 0.0985. The Balaban J connectivity index is 1.98. The second-order valence-corrected chi connectivity index (χ2v) is 8.49. The molecule has 3 aromatic rings. The van der Waals surface area contributed by atoms with Crippen molar-refractivity contribution in [1.29, 1.82) is 0 Å². The third-order valence-corrected chi connectivity index (χ3v) is 5.70. The van der Waals surface area contributed by atoms with E-state index in [2.05, 4.69) is 4.90 Å². The predicted octanol–water partition coefficient (Wildman–Crippen LogP) is 5.17. The van der Waals surface area contributed by atoms with Gasteiger partial charge in [-0.15, -0.1) is 0 Å². The third-order valence-electron chi connectivity index (χ3n) is 4.43. The Bertz CT molecular complexity index is 967. The van der Waals surface area contributed by atoms with Crippen LogP contribution >= 0.6 is 22.9 Å². The van der Waals surface area contributed by atoms with E-state index in [1.54, 1.807) is 0 Å². The summed E-state index contributed by atoms with van der Waals surface area (Å²) in [6, 6.07) is 11.6. The lowest BCUT2D eigenvalue weighted by Crippen LogP contribution is -2.34. The van der Waals surface area contributed by atoms with Gasteiger partial charge in [0.2, 0.25) is 0 Å². The molecule has 0 aliphatic carbocycles. The maximum absolute atomic E-state index is 13.4. The second-order valence-electron chi connectivity index (χ2n) is 7.04. The molecule has 6 heteroatoms. The highest BCUT2D eigenvalue weighted by atomic mass is 35.5. The number of nitrogens with zero attached hydrogens (tertiary/aromatic N) is 3. The summed E-state index contributed by atoms with van der Waals surface area (Å²) in [4.78, 5) is 22.0. The first-order valence-corrected chi connectivity index (χ1v) is 10.1. The molecule has 0 atom stereocenters. The summed E-state index contributed by atoms with van der Waals surface area (Å²) in [6.07, 6.45) is 0.875. The van der Waals surface area contributed by atoms with Crippen molar-refractivity contribution in [2.75, 3.05) is 32.1 Å². The van der Waals surface area contributed by atoms with E-state index in [0.29, 0.717) is 11.6 Å². The number of hydrogen-bond donors (Lipinski definition) is 0. The lowest BCUT2D eigenvalue weighted by atomic mass is 10.0. The maximum Gasteiger partial charge on any atom is 0.260 e. The van der Waals surface area contributed by atoms with Gasteiger partial charge in [-0.3, -0.25) is 9.69 Å². The number of thiazole rings is 1. The van der Waals surface area contributed by atoms with Crippen LogP contribution in [0, 0.1) is 13.8 Å². The van der Waals surface area contributed by atoms with Crippen LogP contribution in [0.5, 0.6) is 0 Å². The van der Waals surface area contributed by atoms with Crippen LogP contribution in [-0.2, 0) is 0 Å². The van der Waals surface area contributed by atoms with Gasteiger partial charge >= 0.3 is 0 Å². The van der Waals surface area contributed by atoms with Crippen LogP contribution in [0.15, 0.2) is 36.4 Å². The maximum atomic E-state index is 13.4. The Morgan fingerprint density at radius 2 is 1.89 bits per heavy atom. The van der Waals surface area contributed by atoms with Crippen molar-refractivity contribution in [3.8, 4) is 0 Å². The average molecular weight is 402 g/mol. The van der Waals surface area contributed by atoms with Crippen molar-refractivity contribution in [3.63, 3.8) is 0 Å². The van der Waals surface area contributed by atoms with Gasteiger partial charge in [-0.05, 0) is 70.7 Å². The highest BCUT2D eigenvalue weighted by Gasteiger charge is 2.22. The zero-order valence-electron chi connectivity index (χ0n) is 16.1. The summed E-state index contributed by atoms with van der Waals surface area (Å²) in [5.74, 6) is 0.000101. The van der Waals surface area contributed by atoms with Crippen molar-refractivity contribution >= 4 is 44.2 Å². The molecule has 0 aliphatic heterocycles. The molecule has 0 bridgehead atoms. The number of fused-ring (bicyclic) bond motifs is 1. The van der Waals surface area contributed by atoms with Gasteiger partial charge in [0.05, 0.1) is 10.2 Å². The van der Waals surface area contributed by atoms with E-state index in [1.807, 2.05) is 69.2 Å². The minimum Gasteiger partial charge on any atom is -0.309 e. The predicted molar refractivity (Wildman–Crippen MR) is 115 cm³/mol. The fourth-order valence-electron chi connectivity index (χ4n) is 2.94. The Labute approximate surface area is 169 Å². The summed E-state index contributed by atoms with van der Waals surface area (Å²) in [5, 5.41) is 1.40. The molecule has 0 saturated carbocycles. The van der Waals surface area contributed by atoms with Gasteiger partial charge in [0.15, 0.2) is 5.13 Å². The van der Waals surface area contributed by atoms with Crippen molar-refractivity contribution in [3.05, 3.63) is 58.1 Å². The van der Waals surface area contributed by atoms with Crippen molar-refractivity contribution in [1.82, 2.24) is 9.88 Å². The number of anilines is 1. The van der Waals surface area contributed by atoms with Crippen LogP contribution in [0.2, 0.25) is 5.02 Å². The molecule has 3 rings (SSSR count). The molecule has 1 aromatic heterocycles. The summed E-state index contributed by atoms with van der Waals surface area (Å²) < 4.78 is 0.990. The summed E-state index contributed by atoms with van der Waals surface area (Å²) >= 11 is 7.62. The van der Waals surface area contributed by atoms with Gasteiger partial charge < -0.3 is 4.90 Å². The third kappa shape index (κ3) is 4.67. The molecule has 1 heterocycles. The molecule has 0 N–H and O–H groups in total. The molecule has 27 heavy (non-hydrogen) atoms. The minimum absolute atomic E-state index is 0.000101. The van der Waals surface area contributed by atoms with Gasteiger partial charge in [-0.2, -0.15) is 0 Å². The zero-order chi connectivity index (χ0) is 19.6. The Hall–Kier alpha value is -1.95. The number of carbonyl (C=O) groups is 1. The molecule has 4 nitrogen and oxygen atoms in total. The molecule has 0 aliphatic rings. The molecule has 2 aromatic carbocycles. The minimum atomic E-state index is 0.000101. The topological polar surface area (TPSA) is 36.4 Å². The first-order chi connectivity index (χ1) is 12.8. The van der Waals surface area contributed by atoms with Crippen LogP contribution in [0.1, 0.15) is 27.9 Å². The quantitative estimate of drug-likeness (QED) is 0.572. The van der Waals surface area contributed by atoms with Crippen molar-refractivity contribution in [2.24, 2.45) is 0 Å². The standard InChI is InChI=1S/C21H24ClN3OS/c1-14-6-7-15(2)17(12-14)20(26)25(11-5-10-24(3)4)21-23-18-9-8-16(22)13-19(18)27-21/h6-9,12-13H,5,10-11H2,1-4H3. The first-order valence-electron chi connectivity index (χ1n) is 8.95. The molecule has 0 saturated heterocycles. The van der Waals surface area contributed by atoms with Crippen molar-refractivity contribution < 1.29 is 4.79 Å². The zero-order valence-corrected chi connectivity index (χ0v) is 17.7. The number of hydrogen-bond acceptors (Lipinski definition) is 4. The van der Waals surface area contributed by atoms with E-state index in [4.69, 9.17) is 16.6 Å². The van der Waals surface area contributed by atoms with Gasteiger partial charge in [-0.25, -0.2) is 4.98 Å². The largest absolute Gasteiger partial charge is 0.309 e. The first kappa shape index (κ1) is 19.8. The van der Waals surface area contributed by atoms with E-state index in [1.165, 1.54) is 11.3 Å². The molecule has 0 radical (unpaired) electrons. The monoisotopic (exact) mass is 401 g/mol. The number of benzene rings is 2. The van der Waals surface area contributed by atoms with Gasteiger partial charge in [0, 0.05) is 17.1 Å². The van der Waals surface area contributed by atoms with E-state index in [0.717, 1.165) is 45.0 Å². The highest BCUT2D eigenvalue weighted by Crippen LogP contribution is 2.32. The van der Waals surface area contributed by atoms with Crippen LogP contribution < -0.4 is 4.90 Å². The van der Waals surface area contributed by atoms with E-state index in [-0.39, 0.29) is 5.91 Å². The molecule has 0 unspecified atom stereocenters. The Kier molecular flexibility index (Phi) is 6.15. The number of carbonyl (C=O) groups excluding carboxylic acids is 1. The molecule has 0 spiro atoms. The number of aromatic nitrogens is 1. The SMILES string of the molecule is Cc1ccc(C)c(C(=O)N(CCCN(C)C)c2nc3ccc(Cl)cc3s2)c1. The molecular formula is C21H24ClN3OS. The van der Waals surface area contributed by atoms with Crippen LogP contribution in [0.4, 0.5) is 5.13 Å². The van der Waals surface area contributed by atoms with E-state index in [9.17, 15) is 4.79 Å². The fraction of sp³-hybridized carbons (Fsp3) is 0.333. The summed E-state index contributed by atoms with van der Waals surface area (Å²) in [7, 11) is 4.08. The number of rotatable bonds is 6. The smallest absolute Gasteiger partial charge is 0.260 e. The number of halogens is 1. The fourth-order valence-corrected chi connectivity index (χ4v) is 4.21. The Morgan fingerprint density at radius 1 is 1.11 bits per heavy atom. The highest BCUT2D eigenvalue weighted by molar-refractivity contribution is 7.22. The van der Waals surface area contributed by atoms with Gasteiger partial charge in [0.1, 0.15) is 0 Å². The van der Waals surface area contributed by atoms with Crippen LogP contribution in [0.3, 0.4) is 0 Å². The van der Waals surface area contributed by atoms with Gasteiger partial charge in [0.25, 0.3) is 5.91 Å². The Morgan fingerprint density at radius 3 is 2.63 bits per heavy atom. The summed E-state index contributed by atoms with van der Waals surface area (Å²) in [6.45, 7) is 5.51. The average Bonchev–Trinajstić information content (AvgIpc) is 3.02. The van der Waals surface area contributed by atoms with Crippen LogP contribution in [-0.4, -0.2) is 43.0 Å². The number of amides is 1. The number of aryl methyl sites for hydroxylation is 2. The van der Waals surface area contributed by atoms with E-state index < -0.39 is 0 Å². The summed E-state index contributed by atoms with van der Waals surface area (Å²) in [5.41, 5.74) is 3.66.